The fourth-order valence-corrected chi connectivity index (χ4v) is 9.72. The van der Waals surface area contributed by atoms with Crippen molar-refractivity contribution in [1.82, 2.24) is 20.5 Å². The summed E-state index contributed by atoms with van der Waals surface area (Å²) in [5.74, 6) is -1.84. The average molecular weight is 879 g/mol. The lowest BCUT2D eigenvalue weighted by molar-refractivity contribution is -0.154. The molecule has 5 aromatic carbocycles. The number of hydrogen-bond donors (Lipinski definition) is 3. The zero-order valence-corrected chi connectivity index (χ0v) is 35.8. The summed E-state index contributed by atoms with van der Waals surface area (Å²) in [6.45, 7) is -0.267. The number of amides is 3. The van der Waals surface area contributed by atoms with Crippen LogP contribution in [-0.4, -0.2) is 77.4 Å². The van der Waals surface area contributed by atoms with Gasteiger partial charge in [0, 0.05) is 23.8 Å². The smallest absolute Gasteiger partial charge is 0.407 e. The number of rotatable bonds is 15. The van der Waals surface area contributed by atoms with E-state index in [2.05, 4.69) is 57.5 Å². The molecule has 2 atom stereocenters. The number of nitrogens with one attached hydrogen (secondary N) is 3. The summed E-state index contributed by atoms with van der Waals surface area (Å²) in [5, 5.41) is 14.5. The number of aromatic nitrogens is 1. The lowest BCUT2D eigenvalue weighted by Gasteiger charge is -2.49. The molecule has 63 heavy (non-hydrogen) atoms. The van der Waals surface area contributed by atoms with Crippen LogP contribution in [-0.2, 0) is 34.2 Å². The van der Waals surface area contributed by atoms with Gasteiger partial charge in [-0.3, -0.25) is 14.5 Å². The molecule has 2 aliphatic heterocycles. The molecule has 0 spiro atoms. The number of benzene rings is 5. The summed E-state index contributed by atoms with van der Waals surface area (Å²) < 4.78 is 11.6. The number of carbonyl (C=O) groups excluding carboxylic acids is 4. The number of alkyl carbamates (subject to hydrolysis) is 1. The van der Waals surface area contributed by atoms with E-state index in [0.717, 1.165) is 27.8 Å². The predicted octanol–water partition coefficient (Wildman–Crippen LogP) is 7.24. The molecule has 2 aliphatic rings. The van der Waals surface area contributed by atoms with E-state index in [1.807, 2.05) is 115 Å². The van der Waals surface area contributed by atoms with Crippen molar-refractivity contribution in [3.63, 3.8) is 0 Å². The van der Waals surface area contributed by atoms with Crippen LogP contribution in [0.2, 0.25) is 0 Å². The molecule has 1 saturated heterocycles. The van der Waals surface area contributed by atoms with Crippen LogP contribution in [0.25, 0.3) is 0 Å². The first kappa shape index (κ1) is 42.5. The quantitative estimate of drug-likeness (QED) is 0.0316. The summed E-state index contributed by atoms with van der Waals surface area (Å²) in [7, 11) is 2.74. The SMILES string of the molecule is CNC(=O)OCC1=C(C(=O)OC(c2ccccc2)c2ccccc2)N2C(=O)[C@@H](NC(=O)/C(=N\OC)c3csc(NC(c4ccccc4)(c4ccccc4)c4ccccc4)n3)[C@H]2SC1. The molecular weight excluding hydrogens is 837 g/mol. The van der Waals surface area contributed by atoms with Crippen LogP contribution >= 0.6 is 23.1 Å². The Morgan fingerprint density at radius 1 is 0.810 bits per heavy atom. The van der Waals surface area contributed by atoms with E-state index in [1.165, 1.54) is 42.2 Å². The number of nitrogens with zero attached hydrogens (tertiary/aromatic N) is 3. The van der Waals surface area contributed by atoms with Crippen molar-refractivity contribution >= 4 is 57.8 Å². The van der Waals surface area contributed by atoms with Gasteiger partial charge in [0.1, 0.15) is 42.1 Å². The summed E-state index contributed by atoms with van der Waals surface area (Å²) in [5.41, 5.74) is 3.87. The normalized spacial score (nSPS) is 16.1. The van der Waals surface area contributed by atoms with Gasteiger partial charge in [0.05, 0.1) is 0 Å². The molecular formula is C48H42N6O7S2. The van der Waals surface area contributed by atoms with E-state index in [0.29, 0.717) is 10.7 Å². The highest BCUT2D eigenvalue weighted by atomic mass is 32.2. The van der Waals surface area contributed by atoms with Crippen molar-refractivity contribution in [3.05, 3.63) is 202 Å². The highest BCUT2D eigenvalue weighted by Gasteiger charge is 2.55. The number of anilines is 1. The Morgan fingerprint density at radius 3 is 1.84 bits per heavy atom. The van der Waals surface area contributed by atoms with Gasteiger partial charge in [0.15, 0.2) is 16.9 Å². The van der Waals surface area contributed by atoms with Gasteiger partial charge in [-0.1, -0.05) is 157 Å². The molecule has 3 N–H and O–H groups in total. The van der Waals surface area contributed by atoms with Gasteiger partial charge in [0.2, 0.25) is 0 Å². The Kier molecular flexibility index (Phi) is 13.0. The molecule has 6 aromatic rings. The fourth-order valence-electron chi connectivity index (χ4n) is 7.64. The van der Waals surface area contributed by atoms with Gasteiger partial charge in [-0.2, -0.15) is 0 Å². The summed E-state index contributed by atoms with van der Waals surface area (Å²) in [6.07, 6.45) is -1.51. The van der Waals surface area contributed by atoms with E-state index in [-0.39, 0.29) is 29.5 Å². The monoisotopic (exact) mass is 878 g/mol. The van der Waals surface area contributed by atoms with Crippen LogP contribution in [0.1, 0.15) is 39.6 Å². The maximum atomic E-state index is 14.3. The first-order valence-corrected chi connectivity index (χ1v) is 21.9. The molecule has 13 nitrogen and oxygen atoms in total. The number of carbonyl (C=O) groups is 4. The average Bonchev–Trinajstić information content (AvgIpc) is 3.81. The van der Waals surface area contributed by atoms with Crippen molar-refractivity contribution in [2.75, 3.05) is 31.8 Å². The minimum Gasteiger partial charge on any atom is -0.448 e. The fraction of sp³-hybridized carbons (Fsp3) is 0.167. The first-order chi connectivity index (χ1) is 30.8. The number of thioether (sulfide) groups is 1. The van der Waals surface area contributed by atoms with Gasteiger partial charge in [-0.25, -0.2) is 14.6 Å². The molecule has 3 heterocycles. The summed E-state index contributed by atoms with van der Waals surface area (Å²) in [4.78, 5) is 66.0. The van der Waals surface area contributed by atoms with Gasteiger partial charge in [0.25, 0.3) is 11.8 Å². The van der Waals surface area contributed by atoms with Crippen LogP contribution in [0.4, 0.5) is 9.93 Å². The van der Waals surface area contributed by atoms with Crippen molar-refractivity contribution in [2.24, 2.45) is 5.16 Å². The highest BCUT2D eigenvalue weighted by molar-refractivity contribution is 8.00. The van der Waals surface area contributed by atoms with E-state index in [4.69, 9.17) is 19.3 Å². The van der Waals surface area contributed by atoms with Crippen molar-refractivity contribution in [1.29, 1.82) is 0 Å². The number of β-lactam (4-membered cyclic amide) rings is 1. The molecule has 318 valence electrons. The van der Waals surface area contributed by atoms with Gasteiger partial charge < -0.3 is 30.3 Å². The van der Waals surface area contributed by atoms with Crippen LogP contribution in [0.3, 0.4) is 0 Å². The third-order valence-corrected chi connectivity index (χ3v) is 12.7. The molecule has 0 aliphatic carbocycles. The van der Waals surface area contributed by atoms with Crippen molar-refractivity contribution in [3.8, 4) is 0 Å². The maximum absolute atomic E-state index is 14.3. The third-order valence-electron chi connectivity index (χ3n) is 10.6. The van der Waals surface area contributed by atoms with E-state index in [1.54, 1.807) is 5.38 Å². The van der Waals surface area contributed by atoms with Crippen LogP contribution in [0.5, 0.6) is 0 Å². The Balaban J connectivity index is 1.05. The number of esters is 1. The Morgan fingerprint density at radius 2 is 1.33 bits per heavy atom. The van der Waals surface area contributed by atoms with Gasteiger partial charge in [-0.15, -0.1) is 23.1 Å². The van der Waals surface area contributed by atoms with Crippen LogP contribution < -0.4 is 16.0 Å². The number of fused-ring (bicyclic) bond motifs is 1. The molecule has 15 heteroatoms. The molecule has 0 saturated carbocycles. The Hall–Kier alpha value is -7.23. The highest BCUT2D eigenvalue weighted by Crippen LogP contribution is 2.43. The van der Waals surface area contributed by atoms with Crippen molar-refractivity contribution < 1.29 is 33.5 Å². The second-order valence-corrected chi connectivity index (χ2v) is 16.3. The van der Waals surface area contributed by atoms with E-state index >= 15 is 0 Å². The minimum absolute atomic E-state index is 0.0465. The van der Waals surface area contributed by atoms with Gasteiger partial charge >= 0.3 is 12.1 Å². The van der Waals surface area contributed by atoms with Gasteiger partial charge in [-0.05, 0) is 27.8 Å². The largest absolute Gasteiger partial charge is 0.448 e. The Bertz CT molecular complexity index is 2490. The van der Waals surface area contributed by atoms with Crippen LogP contribution in [0.15, 0.2) is 173 Å². The second-order valence-electron chi connectivity index (χ2n) is 14.4. The second kappa shape index (κ2) is 19.2. The maximum Gasteiger partial charge on any atom is 0.407 e. The summed E-state index contributed by atoms with van der Waals surface area (Å²) in [6, 6.07) is 47.6. The topological polar surface area (TPSA) is 161 Å². The number of oxime groups is 1. The molecule has 1 fully saturated rings. The standard InChI is InChI=1S/C48H42N6O7S2/c1-49-47(58)60-28-33-29-62-44-39(43(56)54(44)40(33)45(57)61-41(31-18-8-3-9-19-31)32-20-10-4-11-21-32)51-42(55)38(53-59-2)37-30-63-46(50-37)52-48(34-22-12-5-13-23-34,35-24-14-6-15-25-35)36-26-16-7-17-27-36/h3-27,30,39,41,44H,28-29H2,1-2H3,(H,49,58)(H,50,52)(H,51,55)/b53-38-/t39-,44-/m1/s1. The zero-order valence-electron chi connectivity index (χ0n) is 34.2. The zero-order chi connectivity index (χ0) is 43.8. The lowest BCUT2D eigenvalue weighted by atomic mass is 9.77. The number of hydrogen-bond acceptors (Lipinski definition) is 12. The number of thiazole rings is 1. The molecule has 0 unspecified atom stereocenters. The Labute approximate surface area is 372 Å². The molecule has 3 amide bonds. The minimum atomic E-state index is -1.05. The lowest BCUT2D eigenvalue weighted by Crippen LogP contribution is -2.71. The molecule has 0 radical (unpaired) electrons. The first-order valence-electron chi connectivity index (χ1n) is 20.0. The van der Waals surface area contributed by atoms with E-state index < -0.39 is 46.9 Å². The molecule has 1 aromatic heterocycles. The predicted molar refractivity (Wildman–Crippen MR) is 242 cm³/mol. The third kappa shape index (κ3) is 8.78. The van der Waals surface area contributed by atoms with Crippen molar-refractivity contribution in [2.45, 2.75) is 23.1 Å². The van der Waals surface area contributed by atoms with Crippen LogP contribution in [0, 0.1) is 0 Å². The summed E-state index contributed by atoms with van der Waals surface area (Å²) >= 11 is 2.60. The van der Waals surface area contributed by atoms with E-state index in [9.17, 15) is 19.2 Å². The number of ether oxygens (including phenoxy) is 2. The molecule has 0 bridgehead atoms. The molecule has 8 rings (SSSR count).